The second-order valence-electron chi connectivity index (χ2n) is 5.44. The highest BCUT2D eigenvalue weighted by Gasteiger charge is 2.24. The van der Waals surface area contributed by atoms with Gasteiger partial charge >= 0.3 is 5.76 Å². The molecule has 0 aliphatic carbocycles. The number of rotatable bonds is 7. The Bertz CT molecular complexity index is 885. The molecule has 0 aliphatic rings. The summed E-state index contributed by atoms with van der Waals surface area (Å²) in [5, 5.41) is 20.1. The van der Waals surface area contributed by atoms with Gasteiger partial charge in [-0.1, -0.05) is 30.3 Å². The Hall–Kier alpha value is -2.61. The van der Waals surface area contributed by atoms with Gasteiger partial charge in [-0.2, -0.15) is 0 Å². The normalized spacial score (nSPS) is 13.7. The number of hydrogen-bond donors (Lipinski definition) is 3. The zero-order chi connectivity index (χ0) is 17.8. The second kappa shape index (κ2) is 7.52. The predicted molar refractivity (Wildman–Crippen MR) is 90.2 cm³/mol. The van der Waals surface area contributed by atoms with Crippen LogP contribution in [0.5, 0.6) is 5.75 Å². The average Bonchev–Trinajstić information content (AvgIpc) is 3.01. The zero-order valence-corrected chi connectivity index (χ0v) is 13.6. The highest BCUT2D eigenvalue weighted by Crippen LogP contribution is 2.31. The summed E-state index contributed by atoms with van der Waals surface area (Å²) in [6.07, 6.45) is -2.78. The van der Waals surface area contributed by atoms with Crippen molar-refractivity contribution in [3.05, 3.63) is 64.1 Å². The van der Waals surface area contributed by atoms with Gasteiger partial charge in [-0.25, -0.2) is 4.79 Å². The highest BCUT2D eigenvalue weighted by atomic mass is 16.6. The van der Waals surface area contributed by atoms with Crippen LogP contribution in [0.15, 0.2) is 51.7 Å². The number of benzene rings is 2. The number of H-pyrrole nitrogens is 1. The summed E-state index contributed by atoms with van der Waals surface area (Å²) in [4.78, 5) is 14.2. The topological polar surface area (TPSA) is 105 Å². The molecular weight excluding hydrogens is 326 g/mol. The molecule has 2 unspecified atom stereocenters. The Kier molecular flexibility index (Phi) is 5.18. The van der Waals surface area contributed by atoms with Crippen LogP contribution in [-0.4, -0.2) is 28.1 Å². The molecular formula is C18H19NO6. The van der Waals surface area contributed by atoms with Gasteiger partial charge in [0.05, 0.1) is 0 Å². The molecule has 7 heteroatoms. The van der Waals surface area contributed by atoms with E-state index in [2.05, 4.69) is 4.98 Å². The van der Waals surface area contributed by atoms with Gasteiger partial charge in [0.2, 0.25) is 0 Å². The lowest BCUT2D eigenvalue weighted by molar-refractivity contribution is -0.160. The maximum absolute atomic E-state index is 11.6. The van der Waals surface area contributed by atoms with Gasteiger partial charge in [0.15, 0.2) is 11.9 Å². The molecule has 0 saturated carbocycles. The number of hydrogen-bond acceptors (Lipinski definition) is 6. The maximum Gasteiger partial charge on any atom is 0.417 e. The minimum absolute atomic E-state index is 0.127. The number of aliphatic hydroxyl groups is 2. The Labute approximate surface area is 143 Å². The summed E-state index contributed by atoms with van der Waals surface area (Å²) in [5.41, 5.74) is 1.65. The van der Waals surface area contributed by atoms with E-state index in [4.69, 9.17) is 13.9 Å². The number of aromatic amines is 1. The second-order valence-corrected chi connectivity index (χ2v) is 5.44. The fourth-order valence-corrected chi connectivity index (χ4v) is 2.53. The van der Waals surface area contributed by atoms with Crippen LogP contribution in [0.1, 0.15) is 24.2 Å². The summed E-state index contributed by atoms with van der Waals surface area (Å²) >= 11 is 0. The van der Waals surface area contributed by atoms with Crippen LogP contribution in [0, 0.1) is 0 Å². The smallest absolute Gasteiger partial charge is 0.417 e. The van der Waals surface area contributed by atoms with Crippen LogP contribution in [0.25, 0.3) is 11.1 Å². The van der Waals surface area contributed by atoms with Gasteiger partial charge in [-0.3, -0.25) is 4.98 Å². The molecule has 0 spiro atoms. The minimum atomic E-state index is -1.43. The lowest BCUT2D eigenvalue weighted by Crippen LogP contribution is -2.21. The van der Waals surface area contributed by atoms with E-state index < -0.39 is 18.2 Å². The number of nitrogens with one attached hydrogen (secondary N) is 1. The molecule has 0 bridgehead atoms. The van der Waals surface area contributed by atoms with Crippen LogP contribution in [-0.2, 0) is 11.3 Å². The number of aliphatic hydroxyl groups excluding tert-OH is 2. The largest absolute Gasteiger partial charge is 0.487 e. The third-order valence-electron chi connectivity index (χ3n) is 3.74. The van der Waals surface area contributed by atoms with E-state index in [9.17, 15) is 15.0 Å². The maximum atomic E-state index is 11.6. The van der Waals surface area contributed by atoms with E-state index in [0.717, 1.165) is 5.56 Å². The molecule has 2 atom stereocenters. The van der Waals surface area contributed by atoms with Crippen molar-refractivity contribution in [2.45, 2.75) is 25.9 Å². The molecule has 7 nitrogen and oxygen atoms in total. The van der Waals surface area contributed by atoms with Crippen LogP contribution < -0.4 is 10.5 Å². The first-order valence-electron chi connectivity index (χ1n) is 7.90. The van der Waals surface area contributed by atoms with Crippen molar-refractivity contribution >= 4 is 11.1 Å². The van der Waals surface area contributed by atoms with Gasteiger partial charge in [-0.05, 0) is 24.6 Å². The molecule has 1 heterocycles. The van der Waals surface area contributed by atoms with E-state index in [-0.39, 0.29) is 17.8 Å². The molecule has 0 amide bonds. The van der Waals surface area contributed by atoms with Crippen LogP contribution in [0.2, 0.25) is 0 Å². The van der Waals surface area contributed by atoms with E-state index in [0.29, 0.717) is 17.9 Å². The molecule has 1 aromatic heterocycles. The van der Waals surface area contributed by atoms with Crippen molar-refractivity contribution in [2.75, 3.05) is 6.61 Å². The summed E-state index contributed by atoms with van der Waals surface area (Å²) in [7, 11) is 0. The van der Waals surface area contributed by atoms with E-state index in [1.54, 1.807) is 13.0 Å². The lowest BCUT2D eigenvalue weighted by Gasteiger charge is -2.18. The van der Waals surface area contributed by atoms with Gasteiger partial charge in [-0.15, -0.1) is 0 Å². The average molecular weight is 345 g/mol. The van der Waals surface area contributed by atoms with Crippen molar-refractivity contribution in [1.29, 1.82) is 0 Å². The van der Waals surface area contributed by atoms with Gasteiger partial charge in [0.1, 0.15) is 24.0 Å². The van der Waals surface area contributed by atoms with Gasteiger partial charge in [0.25, 0.3) is 0 Å². The standard InChI is InChI=1S/C18H19NO6/c1-2-23-17(21)15(20)12-8-9-13(14-16(12)25-18(22)19-14)24-10-11-6-4-3-5-7-11/h3-9,15,17,20-21H,2,10H2,1H3,(H,19,22). The molecule has 0 radical (unpaired) electrons. The van der Waals surface area contributed by atoms with Crippen LogP contribution in [0.4, 0.5) is 0 Å². The molecule has 132 valence electrons. The number of ether oxygens (including phenoxy) is 2. The zero-order valence-electron chi connectivity index (χ0n) is 13.6. The SMILES string of the molecule is CCOC(O)C(O)c1ccc(OCc2ccccc2)c2[nH]c(=O)oc12. The summed E-state index contributed by atoms with van der Waals surface area (Å²) in [6, 6.07) is 12.7. The van der Waals surface area contributed by atoms with Crippen molar-refractivity contribution < 1.29 is 24.1 Å². The van der Waals surface area contributed by atoms with Gasteiger partial charge < -0.3 is 24.1 Å². The van der Waals surface area contributed by atoms with E-state index >= 15 is 0 Å². The number of aromatic nitrogens is 1. The molecule has 0 aliphatic heterocycles. The van der Waals surface area contributed by atoms with Crippen molar-refractivity contribution in [3.63, 3.8) is 0 Å². The Morgan fingerprint density at radius 2 is 1.92 bits per heavy atom. The lowest BCUT2D eigenvalue weighted by atomic mass is 10.1. The Balaban J connectivity index is 1.91. The summed E-state index contributed by atoms with van der Waals surface area (Å²) in [5.74, 6) is -0.267. The first-order valence-corrected chi connectivity index (χ1v) is 7.90. The highest BCUT2D eigenvalue weighted by molar-refractivity contribution is 5.82. The van der Waals surface area contributed by atoms with Crippen LogP contribution >= 0.6 is 0 Å². The quantitative estimate of drug-likeness (QED) is 0.566. The summed E-state index contributed by atoms with van der Waals surface area (Å²) in [6.45, 7) is 2.24. The Morgan fingerprint density at radius 3 is 2.64 bits per heavy atom. The number of fused-ring (bicyclic) bond motifs is 1. The molecule has 3 aromatic rings. The van der Waals surface area contributed by atoms with E-state index in [1.165, 1.54) is 6.07 Å². The molecule has 3 rings (SSSR count). The molecule has 2 aromatic carbocycles. The van der Waals surface area contributed by atoms with Crippen molar-refractivity contribution in [1.82, 2.24) is 4.98 Å². The Morgan fingerprint density at radius 1 is 1.16 bits per heavy atom. The van der Waals surface area contributed by atoms with Crippen molar-refractivity contribution in [3.8, 4) is 5.75 Å². The van der Waals surface area contributed by atoms with Crippen molar-refractivity contribution in [2.24, 2.45) is 0 Å². The third-order valence-corrected chi connectivity index (χ3v) is 3.74. The number of oxazole rings is 1. The molecule has 25 heavy (non-hydrogen) atoms. The molecule has 0 saturated heterocycles. The molecule has 3 N–H and O–H groups in total. The predicted octanol–water partition coefficient (Wildman–Crippen LogP) is 2.09. The molecule has 0 fully saturated rings. The van der Waals surface area contributed by atoms with E-state index in [1.807, 2.05) is 30.3 Å². The fraction of sp³-hybridized carbons (Fsp3) is 0.278. The monoisotopic (exact) mass is 345 g/mol. The van der Waals surface area contributed by atoms with Gasteiger partial charge in [0, 0.05) is 12.2 Å². The fourth-order valence-electron chi connectivity index (χ4n) is 2.53. The third kappa shape index (κ3) is 3.74. The minimum Gasteiger partial charge on any atom is -0.487 e. The summed E-state index contributed by atoms with van der Waals surface area (Å²) < 4.78 is 15.9. The first kappa shape index (κ1) is 17.2. The first-order chi connectivity index (χ1) is 12.1. The van der Waals surface area contributed by atoms with Crippen LogP contribution in [0.3, 0.4) is 0 Å².